The van der Waals surface area contributed by atoms with Crippen LogP contribution in [0.15, 0.2) is 30.5 Å². The number of hydrogen-bond acceptors (Lipinski definition) is 3. The highest BCUT2D eigenvalue weighted by Crippen LogP contribution is 2.17. The Kier molecular flexibility index (Phi) is 3.23. The summed E-state index contributed by atoms with van der Waals surface area (Å²) in [5, 5.41) is 10.4. The summed E-state index contributed by atoms with van der Waals surface area (Å²) in [5.41, 5.74) is 1.94. The molecule has 1 rings (SSSR count). The second-order valence-corrected chi connectivity index (χ2v) is 2.84. The van der Waals surface area contributed by atoms with E-state index in [0.717, 1.165) is 11.1 Å². The molecule has 0 unspecified atom stereocenters. The number of methoxy groups -OCH3 is 1. The van der Waals surface area contributed by atoms with Crippen molar-refractivity contribution in [2.45, 2.75) is 6.92 Å². The number of hydrogen-bond donors (Lipinski definition) is 0. The first-order chi connectivity index (χ1) is 6.65. The summed E-state index contributed by atoms with van der Waals surface area (Å²) in [4.78, 5) is 9.96. The smallest absolute Gasteiger partial charge is 0.269 e. The average molecular weight is 193 g/mol. The molecule has 4 heteroatoms. The molecule has 74 valence electrons. The zero-order valence-electron chi connectivity index (χ0n) is 8.06. The van der Waals surface area contributed by atoms with Gasteiger partial charge in [-0.05, 0) is 30.2 Å². The van der Waals surface area contributed by atoms with Crippen molar-refractivity contribution in [3.05, 3.63) is 46.2 Å². The Hall–Kier alpha value is -1.84. The molecule has 0 aliphatic rings. The largest absolute Gasteiger partial charge is 0.504 e. The third kappa shape index (κ3) is 2.32. The predicted molar refractivity (Wildman–Crippen MR) is 53.8 cm³/mol. The van der Waals surface area contributed by atoms with Crippen LogP contribution in [0.25, 0.3) is 5.57 Å². The minimum atomic E-state index is -0.418. The summed E-state index contributed by atoms with van der Waals surface area (Å²) in [6, 6.07) is 6.34. The molecule has 1 aromatic carbocycles. The molecule has 0 atom stereocenters. The topological polar surface area (TPSA) is 52.4 Å². The Morgan fingerprint density at radius 1 is 1.43 bits per heavy atom. The van der Waals surface area contributed by atoms with Crippen molar-refractivity contribution in [3.8, 4) is 0 Å². The van der Waals surface area contributed by atoms with E-state index in [2.05, 4.69) is 0 Å². The molecule has 0 heterocycles. The summed E-state index contributed by atoms with van der Waals surface area (Å²) in [6.45, 7) is 1.88. The van der Waals surface area contributed by atoms with E-state index < -0.39 is 4.92 Å². The number of nitro groups is 1. The molecular formula is C10H11NO3. The molecule has 0 bridgehead atoms. The SMILES string of the molecule is CO/C=C(/C)c1ccc([N+](=O)[O-])cc1. The molecule has 0 saturated heterocycles. The number of nitrogens with zero attached hydrogens (tertiary/aromatic N) is 1. The summed E-state index contributed by atoms with van der Waals surface area (Å²) in [5.74, 6) is 0. The summed E-state index contributed by atoms with van der Waals surface area (Å²) >= 11 is 0. The van der Waals surface area contributed by atoms with Crippen LogP contribution in [0.1, 0.15) is 12.5 Å². The first-order valence-electron chi connectivity index (χ1n) is 4.09. The van der Waals surface area contributed by atoms with E-state index in [1.165, 1.54) is 12.1 Å². The van der Waals surface area contributed by atoms with Crippen molar-refractivity contribution in [1.29, 1.82) is 0 Å². The molecule has 14 heavy (non-hydrogen) atoms. The Balaban J connectivity index is 2.94. The number of ether oxygens (including phenoxy) is 1. The monoisotopic (exact) mass is 193 g/mol. The molecule has 0 amide bonds. The highest BCUT2D eigenvalue weighted by atomic mass is 16.6. The van der Waals surface area contributed by atoms with Crippen LogP contribution >= 0.6 is 0 Å². The zero-order valence-corrected chi connectivity index (χ0v) is 8.06. The van der Waals surface area contributed by atoms with Crippen LogP contribution in [-0.2, 0) is 4.74 Å². The lowest BCUT2D eigenvalue weighted by Gasteiger charge is -2.00. The molecule has 4 nitrogen and oxygen atoms in total. The molecule has 0 aromatic heterocycles. The lowest BCUT2D eigenvalue weighted by molar-refractivity contribution is -0.384. The van der Waals surface area contributed by atoms with E-state index in [-0.39, 0.29) is 5.69 Å². The summed E-state index contributed by atoms with van der Waals surface area (Å²) in [7, 11) is 1.56. The van der Waals surface area contributed by atoms with Crippen molar-refractivity contribution < 1.29 is 9.66 Å². The average Bonchev–Trinajstić information content (AvgIpc) is 2.18. The van der Waals surface area contributed by atoms with Gasteiger partial charge in [0, 0.05) is 12.1 Å². The predicted octanol–water partition coefficient (Wildman–Crippen LogP) is 2.60. The van der Waals surface area contributed by atoms with Gasteiger partial charge in [-0.3, -0.25) is 10.1 Å². The van der Waals surface area contributed by atoms with Gasteiger partial charge in [0.25, 0.3) is 5.69 Å². The van der Waals surface area contributed by atoms with Crippen molar-refractivity contribution in [2.24, 2.45) is 0 Å². The maximum Gasteiger partial charge on any atom is 0.269 e. The van der Waals surface area contributed by atoms with Crippen LogP contribution in [0.2, 0.25) is 0 Å². The van der Waals surface area contributed by atoms with Gasteiger partial charge in [-0.25, -0.2) is 0 Å². The van der Waals surface area contributed by atoms with E-state index in [1.54, 1.807) is 25.5 Å². The summed E-state index contributed by atoms with van der Waals surface area (Å²) < 4.78 is 4.84. The molecule has 0 saturated carbocycles. The number of benzene rings is 1. The standard InChI is InChI=1S/C10H11NO3/c1-8(7-14-2)9-3-5-10(6-4-9)11(12)13/h3-7H,1-2H3/b8-7-. The van der Waals surface area contributed by atoms with Gasteiger partial charge in [0.05, 0.1) is 18.3 Å². The van der Waals surface area contributed by atoms with Crippen LogP contribution in [-0.4, -0.2) is 12.0 Å². The number of allylic oxidation sites excluding steroid dienone is 1. The van der Waals surface area contributed by atoms with Gasteiger partial charge in [0.1, 0.15) is 0 Å². The normalized spacial score (nSPS) is 11.1. The van der Waals surface area contributed by atoms with Gasteiger partial charge in [-0.1, -0.05) is 0 Å². The molecule has 0 N–H and O–H groups in total. The maximum atomic E-state index is 10.4. The van der Waals surface area contributed by atoms with E-state index in [9.17, 15) is 10.1 Å². The van der Waals surface area contributed by atoms with Gasteiger partial charge in [-0.2, -0.15) is 0 Å². The minimum Gasteiger partial charge on any atom is -0.504 e. The Morgan fingerprint density at radius 2 is 2.00 bits per heavy atom. The second-order valence-electron chi connectivity index (χ2n) is 2.84. The Morgan fingerprint density at radius 3 is 2.43 bits per heavy atom. The van der Waals surface area contributed by atoms with Crippen LogP contribution in [0.4, 0.5) is 5.69 Å². The molecule has 0 radical (unpaired) electrons. The molecule has 0 aliphatic carbocycles. The van der Waals surface area contributed by atoms with Gasteiger partial charge in [0.2, 0.25) is 0 Å². The van der Waals surface area contributed by atoms with Crippen LogP contribution in [0.5, 0.6) is 0 Å². The van der Waals surface area contributed by atoms with Crippen LogP contribution in [0, 0.1) is 10.1 Å². The molecule has 0 aliphatic heterocycles. The number of rotatable bonds is 3. The van der Waals surface area contributed by atoms with Gasteiger partial charge in [0.15, 0.2) is 0 Å². The first kappa shape index (κ1) is 10.2. The lowest BCUT2D eigenvalue weighted by Crippen LogP contribution is -1.88. The van der Waals surface area contributed by atoms with E-state index in [0.29, 0.717) is 0 Å². The van der Waals surface area contributed by atoms with Crippen molar-refractivity contribution in [3.63, 3.8) is 0 Å². The lowest BCUT2D eigenvalue weighted by atomic mass is 10.1. The Labute approximate surface area is 82.0 Å². The quantitative estimate of drug-likeness (QED) is 0.421. The third-order valence-electron chi connectivity index (χ3n) is 1.83. The minimum absolute atomic E-state index is 0.0963. The van der Waals surface area contributed by atoms with E-state index in [1.807, 2.05) is 6.92 Å². The zero-order chi connectivity index (χ0) is 10.6. The van der Waals surface area contributed by atoms with Gasteiger partial charge in [-0.15, -0.1) is 0 Å². The van der Waals surface area contributed by atoms with Crippen molar-refractivity contribution in [1.82, 2.24) is 0 Å². The van der Waals surface area contributed by atoms with Crippen LogP contribution in [0.3, 0.4) is 0 Å². The fourth-order valence-electron chi connectivity index (χ4n) is 1.09. The van der Waals surface area contributed by atoms with Crippen LogP contribution < -0.4 is 0 Å². The van der Waals surface area contributed by atoms with Crippen molar-refractivity contribution in [2.75, 3.05) is 7.11 Å². The van der Waals surface area contributed by atoms with E-state index in [4.69, 9.17) is 4.74 Å². The summed E-state index contributed by atoms with van der Waals surface area (Å²) in [6.07, 6.45) is 1.60. The Bertz CT molecular complexity index is 354. The highest BCUT2D eigenvalue weighted by molar-refractivity contribution is 5.63. The highest BCUT2D eigenvalue weighted by Gasteiger charge is 2.04. The third-order valence-corrected chi connectivity index (χ3v) is 1.83. The molecular weight excluding hydrogens is 182 g/mol. The number of non-ortho nitro benzene ring substituents is 1. The fraction of sp³-hybridized carbons (Fsp3) is 0.200. The van der Waals surface area contributed by atoms with Gasteiger partial charge >= 0.3 is 0 Å². The molecule has 1 aromatic rings. The molecule has 0 spiro atoms. The van der Waals surface area contributed by atoms with Crippen molar-refractivity contribution >= 4 is 11.3 Å². The van der Waals surface area contributed by atoms with E-state index >= 15 is 0 Å². The molecule has 0 fully saturated rings. The first-order valence-corrected chi connectivity index (χ1v) is 4.09. The maximum absolute atomic E-state index is 10.4. The fourth-order valence-corrected chi connectivity index (χ4v) is 1.09. The number of nitro benzene ring substituents is 1. The van der Waals surface area contributed by atoms with Gasteiger partial charge < -0.3 is 4.74 Å². The second kappa shape index (κ2) is 4.41.